The monoisotopic (exact) mass is 708 g/mol. The summed E-state index contributed by atoms with van der Waals surface area (Å²) in [6.45, 7) is 12.7. The third kappa shape index (κ3) is 9.62. The highest BCUT2D eigenvalue weighted by atomic mass is 32.2. The summed E-state index contributed by atoms with van der Waals surface area (Å²) in [5.41, 5.74) is -1.28. The highest BCUT2D eigenvalue weighted by Crippen LogP contribution is 2.65. The highest BCUT2D eigenvalue weighted by molar-refractivity contribution is 7.92. The van der Waals surface area contributed by atoms with Crippen LogP contribution in [0.3, 0.4) is 0 Å². The number of carbonyl (C=O) groups excluding carboxylic acids is 5. The molecule has 48 heavy (non-hydrogen) atoms. The first-order chi connectivity index (χ1) is 21.8. The van der Waals surface area contributed by atoms with Crippen molar-refractivity contribution < 1.29 is 50.3 Å². The minimum Gasteiger partial charge on any atom is -0.444 e. The van der Waals surface area contributed by atoms with Crippen molar-refractivity contribution in [1.29, 1.82) is 0 Å². The van der Waals surface area contributed by atoms with Crippen LogP contribution < -0.4 is 16.0 Å². The van der Waals surface area contributed by atoms with Crippen LogP contribution in [-0.4, -0.2) is 96.4 Å². The van der Waals surface area contributed by atoms with Gasteiger partial charge in [0.1, 0.15) is 23.7 Å². The highest BCUT2D eigenvalue weighted by Gasteiger charge is 2.70. The Morgan fingerprint density at radius 1 is 0.938 bits per heavy atom. The molecule has 0 bridgehead atoms. The third-order valence-electron chi connectivity index (χ3n) is 9.70. The van der Waals surface area contributed by atoms with Crippen LogP contribution in [0.4, 0.5) is 18.0 Å². The second-order valence-corrected chi connectivity index (χ2v) is 18.7. The molecule has 0 spiro atoms. The third-order valence-corrected chi connectivity index (χ3v) is 12.3. The number of nitrogens with one attached hydrogen (secondary N) is 3. The standard InChI is InChI=1S/C32H51F3N4O8S/c1-29(2,3)47-28(44)38-22(18-12-10-9-11-13-18)27(43)39-17-19-21(31(19,7)8)23(39)25(41)37-20(16-32(33,34)35)24(40)26(42)36-14-15-48(45,46)30(4,5)6/h18-23H,9-17H2,1-8H3,(H,36,42)(H,37,41)(H,38,44)/t19-,20?,21-,22-,23-/m0/s1. The topological polar surface area (TPSA) is 168 Å². The number of likely N-dealkylation sites (tertiary alicyclic amines) is 1. The van der Waals surface area contributed by atoms with Crippen molar-refractivity contribution in [3.05, 3.63) is 0 Å². The zero-order valence-corrected chi connectivity index (χ0v) is 29.9. The molecule has 2 saturated carbocycles. The molecular formula is C32H51F3N4O8S. The molecule has 0 aromatic carbocycles. The molecule has 3 fully saturated rings. The van der Waals surface area contributed by atoms with Crippen molar-refractivity contribution in [2.45, 2.75) is 129 Å². The number of fused-ring (bicyclic) bond motifs is 1. The maximum absolute atomic E-state index is 14.2. The van der Waals surface area contributed by atoms with Crippen molar-refractivity contribution in [3.8, 4) is 0 Å². The number of sulfone groups is 1. The largest absolute Gasteiger partial charge is 0.444 e. The molecule has 2 aliphatic carbocycles. The Bertz CT molecular complexity index is 1360. The van der Waals surface area contributed by atoms with Gasteiger partial charge in [-0.25, -0.2) is 13.2 Å². The summed E-state index contributed by atoms with van der Waals surface area (Å²) < 4.78 is 69.8. The van der Waals surface area contributed by atoms with Crippen molar-refractivity contribution in [2.24, 2.45) is 23.2 Å². The lowest BCUT2D eigenvalue weighted by atomic mass is 9.83. The molecule has 16 heteroatoms. The maximum atomic E-state index is 14.2. The number of ether oxygens (including phenoxy) is 1. The van der Waals surface area contributed by atoms with Gasteiger partial charge in [0.05, 0.1) is 16.9 Å². The summed E-state index contributed by atoms with van der Waals surface area (Å²) in [6, 6.07) is -4.62. The van der Waals surface area contributed by atoms with E-state index in [1.807, 2.05) is 13.8 Å². The lowest BCUT2D eigenvalue weighted by Crippen LogP contribution is -2.60. The Morgan fingerprint density at radius 3 is 2.04 bits per heavy atom. The predicted molar refractivity (Wildman–Crippen MR) is 170 cm³/mol. The Balaban J connectivity index is 1.84. The number of nitrogens with zero attached hydrogens (tertiary/aromatic N) is 1. The summed E-state index contributed by atoms with van der Waals surface area (Å²) in [7, 11) is -3.70. The molecule has 3 N–H and O–H groups in total. The van der Waals surface area contributed by atoms with E-state index >= 15 is 0 Å². The summed E-state index contributed by atoms with van der Waals surface area (Å²) >= 11 is 0. The number of rotatable bonds is 11. The molecule has 1 saturated heterocycles. The minimum atomic E-state index is -4.96. The van der Waals surface area contributed by atoms with Crippen molar-refractivity contribution in [1.82, 2.24) is 20.9 Å². The Morgan fingerprint density at radius 2 is 1.52 bits per heavy atom. The molecule has 4 amide bonds. The SMILES string of the molecule is CC(C)(C)OC(=O)N[C@H](C(=O)N1C[C@H]2[C@@H]([C@H]1C(=O)NC(CC(F)(F)F)C(=O)C(=O)NCCS(=O)(=O)C(C)(C)C)C2(C)C)C1CCCCC1. The van der Waals surface area contributed by atoms with E-state index in [4.69, 9.17) is 4.74 Å². The molecule has 0 aromatic heterocycles. The smallest absolute Gasteiger partial charge is 0.408 e. The Kier molecular flexibility index (Phi) is 11.6. The average molecular weight is 709 g/mol. The number of hydrogen-bond acceptors (Lipinski definition) is 8. The van der Waals surface area contributed by atoms with Gasteiger partial charge >= 0.3 is 12.3 Å². The number of hydrogen-bond donors (Lipinski definition) is 3. The molecule has 1 heterocycles. The van der Waals surface area contributed by atoms with E-state index < -0.39 is 104 Å². The van der Waals surface area contributed by atoms with Gasteiger partial charge in [-0.2, -0.15) is 13.2 Å². The molecule has 0 radical (unpaired) electrons. The fourth-order valence-corrected chi connectivity index (χ4v) is 7.81. The van der Waals surface area contributed by atoms with Gasteiger partial charge in [0.25, 0.3) is 5.91 Å². The van der Waals surface area contributed by atoms with Crippen molar-refractivity contribution >= 4 is 39.4 Å². The Labute approximate surface area is 280 Å². The first kappa shape index (κ1) is 39.5. The number of halogens is 3. The second-order valence-electron chi connectivity index (χ2n) is 15.8. The van der Waals surface area contributed by atoms with E-state index in [-0.39, 0.29) is 18.4 Å². The van der Waals surface area contributed by atoms with Crippen LogP contribution in [0.2, 0.25) is 0 Å². The average Bonchev–Trinajstić information content (AvgIpc) is 3.25. The number of ketones is 1. The van der Waals surface area contributed by atoms with Crippen LogP contribution in [0, 0.1) is 23.2 Å². The molecule has 0 aromatic rings. The van der Waals surface area contributed by atoms with E-state index in [9.17, 15) is 45.6 Å². The van der Waals surface area contributed by atoms with E-state index in [1.165, 1.54) is 25.7 Å². The number of Topliss-reactive ketones (excluding diaryl/α,β-unsaturated/α-hetero) is 1. The van der Waals surface area contributed by atoms with Gasteiger partial charge in [0, 0.05) is 13.1 Å². The van der Waals surface area contributed by atoms with Crippen LogP contribution in [0.1, 0.15) is 93.9 Å². The van der Waals surface area contributed by atoms with E-state index in [2.05, 4.69) is 16.0 Å². The number of alkyl carbamates (subject to hydrolysis) is 1. The fourth-order valence-electron chi connectivity index (χ4n) is 6.82. The first-order valence-corrected chi connectivity index (χ1v) is 18.1. The van der Waals surface area contributed by atoms with Crippen LogP contribution >= 0.6 is 0 Å². The fraction of sp³-hybridized carbons (Fsp3) is 0.844. The number of piperidine rings is 1. The molecular weight excluding hydrogens is 657 g/mol. The van der Waals surface area contributed by atoms with E-state index in [0.29, 0.717) is 12.8 Å². The second kappa shape index (κ2) is 14.1. The van der Waals surface area contributed by atoms with E-state index in [0.717, 1.165) is 19.3 Å². The van der Waals surface area contributed by atoms with Crippen molar-refractivity contribution in [2.75, 3.05) is 18.8 Å². The predicted octanol–water partition coefficient (Wildman–Crippen LogP) is 3.28. The molecule has 1 unspecified atom stereocenters. The molecule has 274 valence electrons. The van der Waals surface area contributed by atoms with Crippen LogP contribution in [0.15, 0.2) is 0 Å². The Hall–Kier alpha value is -2.91. The summed E-state index contributed by atoms with van der Waals surface area (Å²) in [4.78, 5) is 67.7. The molecule has 12 nitrogen and oxygen atoms in total. The maximum Gasteiger partial charge on any atom is 0.408 e. The van der Waals surface area contributed by atoms with E-state index in [1.54, 1.807) is 20.8 Å². The molecule has 5 atom stereocenters. The van der Waals surface area contributed by atoms with Gasteiger partial charge in [0.15, 0.2) is 9.84 Å². The van der Waals surface area contributed by atoms with Crippen LogP contribution in [-0.2, 0) is 33.8 Å². The molecule has 3 rings (SSSR count). The number of amides is 4. The van der Waals surface area contributed by atoms with Gasteiger partial charge in [-0.3, -0.25) is 19.2 Å². The van der Waals surface area contributed by atoms with Crippen molar-refractivity contribution in [3.63, 3.8) is 0 Å². The lowest BCUT2D eigenvalue weighted by molar-refractivity contribution is -0.155. The van der Waals surface area contributed by atoms with Gasteiger partial charge in [-0.05, 0) is 77.6 Å². The van der Waals surface area contributed by atoms with Crippen LogP contribution in [0.5, 0.6) is 0 Å². The summed E-state index contributed by atoms with van der Waals surface area (Å²) in [5, 5.41) is 6.85. The zero-order valence-electron chi connectivity index (χ0n) is 29.1. The minimum absolute atomic E-state index is 0.119. The normalized spacial score (nSPS) is 24.1. The van der Waals surface area contributed by atoms with Crippen LogP contribution in [0.25, 0.3) is 0 Å². The van der Waals surface area contributed by atoms with Gasteiger partial charge in [-0.15, -0.1) is 0 Å². The molecule has 3 aliphatic rings. The zero-order chi connectivity index (χ0) is 36.6. The first-order valence-electron chi connectivity index (χ1n) is 16.5. The molecule has 1 aliphatic heterocycles. The van der Waals surface area contributed by atoms with Gasteiger partial charge < -0.3 is 25.6 Å². The number of alkyl halides is 3. The summed E-state index contributed by atoms with van der Waals surface area (Å²) in [5.74, 6) is -6.05. The van der Waals surface area contributed by atoms with Gasteiger partial charge in [0.2, 0.25) is 17.6 Å². The van der Waals surface area contributed by atoms with Gasteiger partial charge in [-0.1, -0.05) is 33.1 Å². The summed E-state index contributed by atoms with van der Waals surface area (Å²) in [6.07, 6.45) is -3.71. The lowest BCUT2D eigenvalue weighted by Gasteiger charge is -2.37. The quantitative estimate of drug-likeness (QED) is 0.275. The number of carbonyl (C=O) groups is 5.